The highest BCUT2D eigenvalue weighted by molar-refractivity contribution is 9.10. The molecule has 0 aliphatic carbocycles. The minimum atomic E-state index is -0.444. The van der Waals surface area contributed by atoms with Crippen molar-refractivity contribution in [2.24, 2.45) is 5.73 Å². The fraction of sp³-hybridized carbons (Fsp3) is 0.133. The maximum absolute atomic E-state index is 13.7. The van der Waals surface area contributed by atoms with Gasteiger partial charge in [0.2, 0.25) is 0 Å². The Labute approximate surface area is 124 Å². The van der Waals surface area contributed by atoms with Crippen LogP contribution in [0.15, 0.2) is 40.9 Å². The standard InChI is InChI=1S/C15H12BrFN2O/c16-14-4-3-13(6-12(14)8-19)20-9-11-2-1-10(7-18)5-15(11)17/h1-6H,8-9,19H2. The second kappa shape index (κ2) is 6.51. The number of hydrogen-bond donors (Lipinski definition) is 1. The Morgan fingerprint density at radius 3 is 2.65 bits per heavy atom. The first-order chi connectivity index (χ1) is 9.63. The molecule has 2 aromatic carbocycles. The first kappa shape index (κ1) is 14.5. The Bertz CT molecular complexity index is 667. The molecule has 3 nitrogen and oxygen atoms in total. The molecule has 0 aliphatic rings. The van der Waals surface area contributed by atoms with Gasteiger partial charge in [-0.15, -0.1) is 0 Å². The summed E-state index contributed by atoms with van der Waals surface area (Å²) in [5.74, 6) is 0.178. The number of ether oxygens (including phenoxy) is 1. The largest absolute Gasteiger partial charge is 0.489 e. The maximum atomic E-state index is 13.7. The van der Waals surface area contributed by atoms with Crippen LogP contribution in [0.3, 0.4) is 0 Å². The number of nitriles is 1. The summed E-state index contributed by atoms with van der Waals surface area (Å²) < 4.78 is 20.1. The van der Waals surface area contributed by atoms with Crippen molar-refractivity contribution < 1.29 is 9.13 Å². The van der Waals surface area contributed by atoms with Gasteiger partial charge in [-0.3, -0.25) is 0 Å². The fourth-order valence-electron chi connectivity index (χ4n) is 1.69. The predicted octanol–water partition coefficient (Wildman–Crippen LogP) is 3.50. The van der Waals surface area contributed by atoms with Gasteiger partial charge in [0.25, 0.3) is 0 Å². The van der Waals surface area contributed by atoms with E-state index in [0.717, 1.165) is 10.0 Å². The van der Waals surface area contributed by atoms with E-state index in [2.05, 4.69) is 15.9 Å². The van der Waals surface area contributed by atoms with E-state index >= 15 is 0 Å². The van der Waals surface area contributed by atoms with Gasteiger partial charge in [0.1, 0.15) is 18.2 Å². The van der Waals surface area contributed by atoms with Crippen LogP contribution in [0.2, 0.25) is 0 Å². The number of hydrogen-bond acceptors (Lipinski definition) is 3. The lowest BCUT2D eigenvalue weighted by Crippen LogP contribution is -2.01. The minimum absolute atomic E-state index is 0.100. The highest BCUT2D eigenvalue weighted by atomic mass is 79.9. The van der Waals surface area contributed by atoms with Crippen LogP contribution in [0.1, 0.15) is 16.7 Å². The molecular formula is C15H12BrFN2O. The maximum Gasteiger partial charge on any atom is 0.131 e. The van der Waals surface area contributed by atoms with Gasteiger partial charge < -0.3 is 10.5 Å². The second-order valence-corrected chi connectivity index (χ2v) is 5.02. The number of nitrogens with two attached hydrogens (primary N) is 1. The molecule has 0 saturated heterocycles. The van der Waals surface area contributed by atoms with Gasteiger partial charge in [-0.2, -0.15) is 5.26 Å². The molecule has 0 unspecified atom stereocenters. The zero-order valence-corrected chi connectivity index (χ0v) is 12.2. The molecule has 0 aromatic heterocycles. The monoisotopic (exact) mass is 334 g/mol. The van der Waals surface area contributed by atoms with Crippen molar-refractivity contribution in [3.63, 3.8) is 0 Å². The predicted molar refractivity (Wildman–Crippen MR) is 77.5 cm³/mol. The molecule has 0 heterocycles. The molecule has 0 bridgehead atoms. The Morgan fingerprint density at radius 1 is 1.20 bits per heavy atom. The topological polar surface area (TPSA) is 59.0 Å². The molecule has 5 heteroatoms. The number of rotatable bonds is 4. The summed E-state index contributed by atoms with van der Waals surface area (Å²) in [6.07, 6.45) is 0. The molecule has 2 N–H and O–H groups in total. The van der Waals surface area contributed by atoms with E-state index in [1.54, 1.807) is 18.2 Å². The third-order valence-corrected chi connectivity index (χ3v) is 3.59. The van der Waals surface area contributed by atoms with Crippen LogP contribution in [0, 0.1) is 17.1 Å². The van der Waals surface area contributed by atoms with Gasteiger partial charge in [0.05, 0.1) is 11.6 Å². The summed E-state index contributed by atoms with van der Waals surface area (Å²) in [5.41, 5.74) is 7.22. The van der Waals surface area contributed by atoms with Crippen LogP contribution in [0.4, 0.5) is 4.39 Å². The molecule has 0 spiro atoms. The fourth-order valence-corrected chi connectivity index (χ4v) is 2.10. The molecule has 2 aromatic rings. The van der Waals surface area contributed by atoms with Crippen LogP contribution in [-0.2, 0) is 13.2 Å². The van der Waals surface area contributed by atoms with Crippen LogP contribution in [0.25, 0.3) is 0 Å². The van der Waals surface area contributed by atoms with E-state index in [1.807, 2.05) is 18.2 Å². The van der Waals surface area contributed by atoms with Gasteiger partial charge in [-0.1, -0.05) is 22.0 Å². The normalized spacial score (nSPS) is 10.1. The molecule has 2 rings (SSSR count). The summed E-state index contributed by atoms with van der Waals surface area (Å²) >= 11 is 3.39. The van der Waals surface area contributed by atoms with Crippen LogP contribution < -0.4 is 10.5 Å². The highest BCUT2D eigenvalue weighted by Crippen LogP contribution is 2.23. The van der Waals surface area contributed by atoms with Crippen LogP contribution in [-0.4, -0.2) is 0 Å². The molecule has 0 fully saturated rings. The van der Waals surface area contributed by atoms with Gasteiger partial charge in [-0.25, -0.2) is 4.39 Å². The van der Waals surface area contributed by atoms with Crippen molar-refractivity contribution in [1.82, 2.24) is 0 Å². The quantitative estimate of drug-likeness (QED) is 0.930. The Kier molecular flexibility index (Phi) is 4.72. The average Bonchev–Trinajstić information content (AvgIpc) is 2.47. The molecule has 0 saturated carbocycles. The zero-order valence-electron chi connectivity index (χ0n) is 10.6. The molecule has 20 heavy (non-hydrogen) atoms. The Morgan fingerprint density at radius 2 is 2.00 bits per heavy atom. The van der Waals surface area contributed by atoms with Crippen LogP contribution in [0.5, 0.6) is 5.75 Å². The van der Waals surface area contributed by atoms with E-state index in [0.29, 0.717) is 23.4 Å². The summed E-state index contributed by atoms with van der Waals surface area (Å²) in [6, 6.07) is 11.6. The van der Waals surface area contributed by atoms with Gasteiger partial charge in [0.15, 0.2) is 0 Å². The van der Waals surface area contributed by atoms with Crippen molar-refractivity contribution in [3.05, 3.63) is 63.4 Å². The van der Waals surface area contributed by atoms with Crippen molar-refractivity contribution in [1.29, 1.82) is 5.26 Å². The summed E-state index contributed by atoms with van der Waals surface area (Å²) in [7, 11) is 0. The number of halogens is 2. The first-order valence-electron chi connectivity index (χ1n) is 5.94. The van der Waals surface area contributed by atoms with Gasteiger partial charge in [0, 0.05) is 16.6 Å². The summed E-state index contributed by atoms with van der Waals surface area (Å²) in [4.78, 5) is 0. The molecule has 102 valence electrons. The van der Waals surface area contributed by atoms with E-state index < -0.39 is 5.82 Å². The minimum Gasteiger partial charge on any atom is -0.489 e. The second-order valence-electron chi connectivity index (χ2n) is 4.16. The zero-order chi connectivity index (χ0) is 14.5. The lowest BCUT2D eigenvalue weighted by Gasteiger charge is -2.09. The van der Waals surface area contributed by atoms with E-state index in [-0.39, 0.29) is 6.61 Å². The Balaban J connectivity index is 2.11. The van der Waals surface area contributed by atoms with Crippen molar-refractivity contribution >= 4 is 15.9 Å². The lowest BCUT2D eigenvalue weighted by molar-refractivity contribution is 0.299. The number of nitrogens with zero attached hydrogens (tertiary/aromatic N) is 1. The average molecular weight is 335 g/mol. The van der Waals surface area contributed by atoms with Gasteiger partial charge in [-0.05, 0) is 35.9 Å². The highest BCUT2D eigenvalue weighted by Gasteiger charge is 2.06. The molecule has 0 aliphatic heterocycles. The van der Waals surface area contributed by atoms with Crippen molar-refractivity contribution in [3.8, 4) is 11.8 Å². The lowest BCUT2D eigenvalue weighted by atomic mass is 10.1. The smallest absolute Gasteiger partial charge is 0.131 e. The van der Waals surface area contributed by atoms with Gasteiger partial charge >= 0.3 is 0 Å². The molecular weight excluding hydrogens is 323 g/mol. The van der Waals surface area contributed by atoms with E-state index in [1.165, 1.54) is 6.07 Å². The third kappa shape index (κ3) is 3.35. The van der Waals surface area contributed by atoms with Crippen LogP contribution >= 0.6 is 15.9 Å². The SMILES string of the molecule is N#Cc1ccc(COc2ccc(Br)c(CN)c2)c(F)c1. The van der Waals surface area contributed by atoms with Crippen molar-refractivity contribution in [2.75, 3.05) is 0 Å². The summed E-state index contributed by atoms with van der Waals surface area (Å²) in [5, 5.41) is 8.68. The summed E-state index contributed by atoms with van der Waals surface area (Å²) in [6.45, 7) is 0.492. The van der Waals surface area contributed by atoms with E-state index in [4.69, 9.17) is 15.7 Å². The first-order valence-corrected chi connectivity index (χ1v) is 6.73. The molecule has 0 atom stereocenters. The molecule has 0 amide bonds. The van der Waals surface area contributed by atoms with Crippen molar-refractivity contribution in [2.45, 2.75) is 13.2 Å². The number of benzene rings is 2. The van der Waals surface area contributed by atoms with E-state index in [9.17, 15) is 4.39 Å². The Hall–Kier alpha value is -1.90. The molecule has 0 radical (unpaired) electrons. The third-order valence-electron chi connectivity index (χ3n) is 2.81.